The molecule has 1 atom stereocenters. The molecule has 0 aromatic heterocycles. The molecule has 0 bridgehead atoms. The van der Waals surface area contributed by atoms with Gasteiger partial charge in [-0.1, -0.05) is 28.1 Å². The van der Waals surface area contributed by atoms with Crippen molar-refractivity contribution in [1.82, 2.24) is 0 Å². The van der Waals surface area contributed by atoms with E-state index >= 15 is 0 Å². The molecule has 0 saturated heterocycles. The Hall–Kier alpha value is -0.370. The van der Waals surface area contributed by atoms with Crippen molar-refractivity contribution in [1.29, 1.82) is 0 Å². The fourth-order valence-electron chi connectivity index (χ4n) is 1.29. The first-order chi connectivity index (χ1) is 5.29. The number of halogens is 1. The van der Waals surface area contributed by atoms with Gasteiger partial charge in [0.05, 0.1) is 0 Å². The van der Waals surface area contributed by atoms with Gasteiger partial charge in [-0.2, -0.15) is 0 Å². The van der Waals surface area contributed by atoms with E-state index in [0.29, 0.717) is 0 Å². The van der Waals surface area contributed by atoms with Crippen molar-refractivity contribution in [3.8, 4) is 0 Å². The molecule has 0 fully saturated rings. The van der Waals surface area contributed by atoms with Crippen LogP contribution in [0.25, 0.3) is 0 Å². The van der Waals surface area contributed by atoms with Crippen LogP contribution in [0.3, 0.4) is 0 Å². The summed E-state index contributed by atoms with van der Waals surface area (Å²) in [6, 6.07) is 0. The molecule has 0 aliphatic heterocycles. The molecule has 0 saturated carbocycles. The predicted octanol–water partition coefficient (Wildman–Crippen LogP) is 2.82. The average Bonchev–Trinajstić information content (AvgIpc) is 2.34. The van der Waals surface area contributed by atoms with Gasteiger partial charge >= 0.3 is 0 Å². The summed E-state index contributed by atoms with van der Waals surface area (Å²) in [5, 5.41) is 0. The summed E-state index contributed by atoms with van der Waals surface area (Å²) >= 11 is 3.43. The van der Waals surface area contributed by atoms with E-state index in [1.807, 2.05) is 13.0 Å². The second-order valence-electron chi connectivity index (χ2n) is 2.65. The fraction of sp³-hybridized carbons (Fsp3) is 0.444. The number of carbonyl (C=O) groups is 1. The Balaban J connectivity index is 2.79. The largest absolute Gasteiger partial charge is 0.303 e. The lowest BCUT2D eigenvalue weighted by Crippen LogP contribution is -1.94. The third-order valence-electron chi connectivity index (χ3n) is 1.89. The maximum Gasteiger partial charge on any atom is 0.128 e. The second-order valence-corrected chi connectivity index (χ2v) is 3.51. The Morgan fingerprint density at radius 2 is 2.36 bits per heavy atom. The molecule has 60 valence electrons. The van der Waals surface area contributed by atoms with Crippen molar-refractivity contribution >= 4 is 22.2 Å². The van der Waals surface area contributed by atoms with E-state index in [1.165, 1.54) is 5.57 Å². The molecular weight excluding hydrogens is 204 g/mol. The van der Waals surface area contributed by atoms with Crippen molar-refractivity contribution in [2.45, 2.75) is 19.8 Å². The summed E-state index contributed by atoms with van der Waals surface area (Å²) in [6.45, 7) is 1.99. The van der Waals surface area contributed by atoms with Crippen molar-refractivity contribution in [3.05, 3.63) is 22.2 Å². The molecule has 1 nitrogen and oxygen atoms in total. The van der Waals surface area contributed by atoms with E-state index < -0.39 is 0 Å². The highest BCUT2D eigenvalue weighted by Crippen LogP contribution is 2.35. The molecule has 2 heteroatoms. The topological polar surface area (TPSA) is 17.1 Å². The van der Waals surface area contributed by atoms with Gasteiger partial charge in [-0.05, 0) is 25.3 Å². The Morgan fingerprint density at radius 1 is 1.64 bits per heavy atom. The van der Waals surface area contributed by atoms with Gasteiger partial charge in [-0.15, -0.1) is 0 Å². The Kier molecular flexibility index (Phi) is 3.06. The van der Waals surface area contributed by atoms with Crippen molar-refractivity contribution in [2.75, 3.05) is 0 Å². The molecule has 0 amide bonds. The minimum Gasteiger partial charge on any atom is -0.303 e. The molecule has 1 aliphatic carbocycles. The lowest BCUT2D eigenvalue weighted by atomic mass is 10.1. The lowest BCUT2D eigenvalue weighted by molar-refractivity contribution is -0.109. The number of rotatable bonds is 2. The fourth-order valence-corrected chi connectivity index (χ4v) is 1.95. The van der Waals surface area contributed by atoms with Crippen molar-refractivity contribution < 1.29 is 4.79 Å². The summed E-state index contributed by atoms with van der Waals surface area (Å²) in [5.41, 5.74) is 1.27. The van der Waals surface area contributed by atoms with Crippen molar-refractivity contribution in [2.24, 2.45) is 5.92 Å². The molecule has 1 rings (SSSR count). The Labute approximate surface area is 75.3 Å². The van der Waals surface area contributed by atoms with E-state index in [-0.39, 0.29) is 5.92 Å². The highest BCUT2D eigenvalue weighted by atomic mass is 79.9. The van der Waals surface area contributed by atoms with Crippen LogP contribution in [0, 0.1) is 5.92 Å². The quantitative estimate of drug-likeness (QED) is 0.647. The number of carbonyl (C=O) groups excluding carboxylic acids is 1. The first-order valence-electron chi connectivity index (χ1n) is 3.76. The van der Waals surface area contributed by atoms with Crippen LogP contribution in [-0.2, 0) is 4.79 Å². The monoisotopic (exact) mass is 214 g/mol. The molecular formula is C9H11BrO. The van der Waals surface area contributed by atoms with E-state index in [0.717, 1.165) is 23.6 Å². The van der Waals surface area contributed by atoms with Crippen molar-refractivity contribution in [3.63, 3.8) is 0 Å². The smallest absolute Gasteiger partial charge is 0.128 e. The zero-order valence-corrected chi connectivity index (χ0v) is 8.10. The highest BCUT2D eigenvalue weighted by molar-refractivity contribution is 9.11. The van der Waals surface area contributed by atoms with Gasteiger partial charge in [0, 0.05) is 10.4 Å². The van der Waals surface area contributed by atoms with Crippen LogP contribution in [-0.4, -0.2) is 6.29 Å². The van der Waals surface area contributed by atoms with E-state index in [2.05, 4.69) is 22.0 Å². The van der Waals surface area contributed by atoms with Gasteiger partial charge in [-0.25, -0.2) is 0 Å². The Morgan fingerprint density at radius 3 is 2.82 bits per heavy atom. The van der Waals surface area contributed by atoms with Gasteiger partial charge < -0.3 is 4.79 Å². The molecule has 11 heavy (non-hydrogen) atoms. The maximum absolute atomic E-state index is 10.5. The van der Waals surface area contributed by atoms with Gasteiger partial charge in [0.1, 0.15) is 6.29 Å². The Bertz CT molecular complexity index is 216. The summed E-state index contributed by atoms with van der Waals surface area (Å²) in [6.07, 6.45) is 7.07. The average molecular weight is 215 g/mol. The SMILES string of the molecule is CC=CC1=C(Br)C(C=O)CC1. The summed E-state index contributed by atoms with van der Waals surface area (Å²) in [4.78, 5) is 10.5. The van der Waals surface area contributed by atoms with Crippen LogP contribution in [0.4, 0.5) is 0 Å². The number of allylic oxidation sites excluding steroid dienone is 4. The van der Waals surface area contributed by atoms with Crippen LogP contribution in [0.5, 0.6) is 0 Å². The predicted molar refractivity (Wildman–Crippen MR) is 49.6 cm³/mol. The third kappa shape index (κ3) is 1.80. The number of aldehydes is 1. The number of hydrogen-bond donors (Lipinski definition) is 0. The van der Waals surface area contributed by atoms with Gasteiger partial charge in [0.25, 0.3) is 0 Å². The normalized spacial score (nSPS) is 25.1. The zero-order valence-electron chi connectivity index (χ0n) is 6.51. The lowest BCUT2D eigenvalue weighted by Gasteiger charge is -1.97. The first-order valence-corrected chi connectivity index (χ1v) is 4.55. The minimum absolute atomic E-state index is 0.112. The standard InChI is InChI=1S/C9H11BrO/c1-2-3-7-4-5-8(6-11)9(7)10/h2-3,6,8H,4-5H2,1H3. The van der Waals surface area contributed by atoms with Crippen LogP contribution in [0.1, 0.15) is 19.8 Å². The molecule has 0 radical (unpaired) electrons. The minimum atomic E-state index is 0.112. The highest BCUT2D eigenvalue weighted by Gasteiger charge is 2.20. The van der Waals surface area contributed by atoms with Crippen LogP contribution in [0.15, 0.2) is 22.2 Å². The molecule has 1 aliphatic rings. The second kappa shape index (κ2) is 3.86. The van der Waals surface area contributed by atoms with Gasteiger partial charge in [0.15, 0.2) is 0 Å². The first kappa shape index (κ1) is 8.72. The van der Waals surface area contributed by atoms with Crippen LogP contribution in [0.2, 0.25) is 0 Å². The number of hydrogen-bond acceptors (Lipinski definition) is 1. The summed E-state index contributed by atoms with van der Waals surface area (Å²) in [5.74, 6) is 0.112. The van der Waals surface area contributed by atoms with E-state index in [9.17, 15) is 4.79 Å². The molecule has 0 spiro atoms. The molecule has 0 heterocycles. The summed E-state index contributed by atoms with van der Waals surface area (Å²) in [7, 11) is 0. The zero-order chi connectivity index (χ0) is 8.27. The molecule has 0 N–H and O–H groups in total. The van der Waals surface area contributed by atoms with Gasteiger partial charge in [-0.3, -0.25) is 0 Å². The van der Waals surface area contributed by atoms with E-state index in [4.69, 9.17) is 0 Å². The van der Waals surface area contributed by atoms with Crippen LogP contribution < -0.4 is 0 Å². The summed E-state index contributed by atoms with van der Waals surface area (Å²) < 4.78 is 1.07. The molecule has 0 aromatic carbocycles. The van der Waals surface area contributed by atoms with Gasteiger partial charge in [0.2, 0.25) is 0 Å². The maximum atomic E-state index is 10.5. The molecule has 1 unspecified atom stereocenters. The van der Waals surface area contributed by atoms with E-state index in [1.54, 1.807) is 0 Å². The van der Waals surface area contributed by atoms with Crippen LogP contribution >= 0.6 is 15.9 Å². The third-order valence-corrected chi connectivity index (χ3v) is 2.99. The molecule has 0 aromatic rings.